The second kappa shape index (κ2) is 8.08. The molecular weight excluding hydrogens is 344 g/mol. The molecular formula is C25H32N2O. The van der Waals surface area contributed by atoms with Crippen molar-refractivity contribution in [3.05, 3.63) is 71.8 Å². The van der Waals surface area contributed by atoms with E-state index in [1.165, 1.54) is 11.1 Å². The number of fused-ring (bicyclic) bond motifs is 1. The average Bonchev–Trinajstić information content (AvgIpc) is 3.03. The number of hydrogen-bond donors (Lipinski definition) is 0. The van der Waals surface area contributed by atoms with E-state index < -0.39 is 0 Å². The highest BCUT2D eigenvalue weighted by atomic mass is 16.2. The van der Waals surface area contributed by atoms with Crippen molar-refractivity contribution >= 4 is 5.91 Å². The second-order valence-electron chi connectivity index (χ2n) is 9.31. The monoisotopic (exact) mass is 376 g/mol. The summed E-state index contributed by atoms with van der Waals surface area (Å²) < 4.78 is 0. The Kier molecular flexibility index (Phi) is 5.54. The highest BCUT2D eigenvalue weighted by Crippen LogP contribution is 2.40. The van der Waals surface area contributed by atoms with Crippen molar-refractivity contribution in [2.45, 2.75) is 45.7 Å². The maximum Gasteiger partial charge on any atom is 0.240 e. The normalized spacial score (nSPS) is 24.8. The minimum Gasteiger partial charge on any atom is -0.340 e. The summed E-state index contributed by atoms with van der Waals surface area (Å²) in [5.41, 5.74) is 2.78. The molecule has 0 saturated carbocycles. The molecule has 2 aliphatic rings. The van der Waals surface area contributed by atoms with E-state index >= 15 is 0 Å². The zero-order valence-electron chi connectivity index (χ0n) is 17.2. The van der Waals surface area contributed by atoms with Crippen LogP contribution < -0.4 is 0 Å². The van der Waals surface area contributed by atoms with Crippen LogP contribution in [0.1, 0.15) is 37.8 Å². The van der Waals surface area contributed by atoms with Crippen LogP contribution in [-0.4, -0.2) is 41.4 Å². The van der Waals surface area contributed by atoms with Crippen LogP contribution in [0.5, 0.6) is 0 Å². The second-order valence-corrected chi connectivity index (χ2v) is 9.31. The number of amides is 1. The Balaban J connectivity index is 1.52. The minimum absolute atomic E-state index is 0.0396. The third-order valence-corrected chi connectivity index (χ3v) is 6.37. The third kappa shape index (κ3) is 4.30. The Labute approximate surface area is 169 Å². The van der Waals surface area contributed by atoms with Gasteiger partial charge < -0.3 is 4.90 Å². The first kappa shape index (κ1) is 19.2. The number of hydrogen-bond acceptors (Lipinski definition) is 2. The Morgan fingerprint density at radius 2 is 1.61 bits per heavy atom. The number of likely N-dealkylation sites (tertiary alicyclic amines) is 2. The van der Waals surface area contributed by atoms with Crippen molar-refractivity contribution in [2.75, 3.05) is 19.6 Å². The predicted molar refractivity (Wildman–Crippen MR) is 114 cm³/mol. The maximum atomic E-state index is 13.6. The number of nitrogens with zero attached hydrogens (tertiary/aromatic N) is 2. The first-order chi connectivity index (χ1) is 13.5. The molecule has 28 heavy (non-hydrogen) atoms. The van der Waals surface area contributed by atoms with Crippen LogP contribution in [0, 0.1) is 11.3 Å². The predicted octanol–water partition coefficient (Wildman–Crippen LogP) is 4.38. The minimum atomic E-state index is 0.0396. The van der Waals surface area contributed by atoms with Gasteiger partial charge >= 0.3 is 0 Å². The van der Waals surface area contributed by atoms with E-state index in [2.05, 4.69) is 78.2 Å². The van der Waals surface area contributed by atoms with E-state index in [0.717, 1.165) is 45.4 Å². The number of benzene rings is 2. The smallest absolute Gasteiger partial charge is 0.240 e. The molecule has 1 amide bonds. The summed E-state index contributed by atoms with van der Waals surface area (Å²) in [7, 11) is 0. The standard InChI is InChI=1S/C25H32N2O/c1-25(2)17-22-14-16-26(18-21-11-7-4-8-12-21)23(22)24(28)27(19-25)15-13-20-9-5-3-6-10-20/h3-12,22-23H,13-19H2,1-2H3/t22?,23-/m0/s1. The van der Waals surface area contributed by atoms with E-state index in [1.54, 1.807) is 0 Å². The lowest BCUT2D eigenvalue weighted by Gasteiger charge is -2.32. The van der Waals surface area contributed by atoms with Crippen LogP contribution >= 0.6 is 0 Å². The molecule has 1 unspecified atom stereocenters. The van der Waals surface area contributed by atoms with Gasteiger partial charge in [-0.05, 0) is 48.3 Å². The summed E-state index contributed by atoms with van der Waals surface area (Å²) in [5, 5.41) is 0. The first-order valence-corrected chi connectivity index (χ1v) is 10.6. The number of carbonyl (C=O) groups excluding carboxylic acids is 1. The van der Waals surface area contributed by atoms with Crippen LogP contribution in [0.25, 0.3) is 0 Å². The van der Waals surface area contributed by atoms with Gasteiger partial charge in [0.05, 0.1) is 6.04 Å². The molecule has 0 spiro atoms. The fraction of sp³-hybridized carbons (Fsp3) is 0.480. The van der Waals surface area contributed by atoms with Gasteiger partial charge in [-0.2, -0.15) is 0 Å². The van der Waals surface area contributed by atoms with E-state index in [-0.39, 0.29) is 11.5 Å². The Hall–Kier alpha value is -2.13. The SMILES string of the molecule is CC1(C)CC2CCN(Cc3ccccc3)[C@@H]2C(=O)N(CCc2ccccc2)C1. The molecule has 2 heterocycles. The molecule has 3 nitrogen and oxygen atoms in total. The fourth-order valence-corrected chi connectivity index (χ4v) is 5.15. The molecule has 2 aliphatic heterocycles. The zero-order valence-corrected chi connectivity index (χ0v) is 17.2. The molecule has 0 radical (unpaired) electrons. The van der Waals surface area contributed by atoms with E-state index in [4.69, 9.17) is 0 Å². The Morgan fingerprint density at radius 3 is 2.29 bits per heavy atom. The first-order valence-electron chi connectivity index (χ1n) is 10.6. The van der Waals surface area contributed by atoms with Crippen LogP contribution in [0.3, 0.4) is 0 Å². The third-order valence-electron chi connectivity index (χ3n) is 6.37. The lowest BCUT2D eigenvalue weighted by atomic mass is 9.81. The molecule has 0 bridgehead atoms. The van der Waals surface area contributed by atoms with Gasteiger partial charge in [0.2, 0.25) is 5.91 Å². The van der Waals surface area contributed by atoms with Crippen molar-refractivity contribution in [1.82, 2.24) is 9.80 Å². The highest BCUT2D eigenvalue weighted by molar-refractivity contribution is 5.83. The van der Waals surface area contributed by atoms with Crippen LogP contribution in [0.4, 0.5) is 0 Å². The number of carbonyl (C=O) groups is 1. The maximum absolute atomic E-state index is 13.6. The van der Waals surface area contributed by atoms with Gasteiger partial charge in [0.1, 0.15) is 0 Å². The van der Waals surface area contributed by atoms with Crippen molar-refractivity contribution in [3.63, 3.8) is 0 Å². The Morgan fingerprint density at radius 1 is 0.964 bits per heavy atom. The van der Waals surface area contributed by atoms with Crippen molar-refractivity contribution in [2.24, 2.45) is 11.3 Å². The molecule has 2 aromatic rings. The van der Waals surface area contributed by atoms with Gasteiger partial charge in [0.15, 0.2) is 0 Å². The lowest BCUT2D eigenvalue weighted by Crippen LogP contribution is -2.47. The molecule has 0 aromatic heterocycles. The molecule has 0 N–H and O–H groups in total. The van der Waals surface area contributed by atoms with Crippen LogP contribution in [0.15, 0.2) is 60.7 Å². The van der Waals surface area contributed by atoms with Crippen molar-refractivity contribution in [3.8, 4) is 0 Å². The van der Waals surface area contributed by atoms with Gasteiger partial charge in [-0.25, -0.2) is 0 Å². The van der Waals surface area contributed by atoms with Gasteiger partial charge in [-0.15, -0.1) is 0 Å². The summed E-state index contributed by atoms with van der Waals surface area (Å²) >= 11 is 0. The molecule has 3 heteroatoms. The zero-order chi connectivity index (χ0) is 19.6. The van der Waals surface area contributed by atoms with Gasteiger partial charge in [-0.3, -0.25) is 9.69 Å². The highest BCUT2D eigenvalue weighted by Gasteiger charge is 2.46. The average molecular weight is 377 g/mol. The van der Waals surface area contributed by atoms with E-state index in [9.17, 15) is 4.79 Å². The van der Waals surface area contributed by atoms with E-state index in [1.807, 2.05) is 6.07 Å². The van der Waals surface area contributed by atoms with E-state index in [0.29, 0.717) is 11.8 Å². The largest absolute Gasteiger partial charge is 0.340 e. The van der Waals surface area contributed by atoms with Crippen LogP contribution in [-0.2, 0) is 17.8 Å². The molecule has 148 valence electrons. The van der Waals surface area contributed by atoms with Crippen molar-refractivity contribution in [1.29, 1.82) is 0 Å². The summed E-state index contributed by atoms with van der Waals surface area (Å²) in [6.07, 6.45) is 3.20. The molecule has 2 saturated heterocycles. The van der Waals surface area contributed by atoms with Gasteiger partial charge in [-0.1, -0.05) is 74.5 Å². The Bertz CT molecular complexity index is 787. The quantitative estimate of drug-likeness (QED) is 0.773. The van der Waals surface area contributed by atoms with Crippen LogP contribution in [0.2, 0.25) is 0 Å². The number of rotatable bonds is 5. The molecule has 2 atom stereocenters. The topological polar surface area (TPSA) is 23.6 Å². The summed E-state index contributed by atoms with van der Waals surface area (Å²) in [6, 6.07) is 21.2. The molecule has 2 fully saturated rings. The van der Waals surface area contributed by atoms with Gasteiger partial charge in [0, 0.05) is 19.6 Å². The summed E-state index contributed by atoms with van der Waals surface area (Å²) in [6.45, 7) is 8.24. The molecule has 4 rings (SSSR count). The summed E-state index contributed by atoms with van der Waals surface area (Å²) in [4.78, 5) is 18.2. The fourth-order valence-electron chi connectivity index (χ4n) is 5.15. The van der Waals surface area contributed by atoms with Crippen molar-refractivity contribution < 1.29 is 4.79 Å². The molecule has 0 aliphatic carbocycles. The summed E-state index contributed by atoms with van der Waals surface area (Å²) in [5.74, 6) is 0.827. The van der Waals surface area contributed by atoms with Gasteiger partial charge in [0.25, 0.3) is 0 Å². The lowest BCUT2D eigenvalue weighted by molar-refractivity contribution is -0.136. The molecule has 2 aromatic carbocycles.